The van der Waals surface area contributed by atoms with E-state index in [2.05, 4.69) is 22.3 Å². The largest absolute Gasteiger partial charge is 0.367 e. The van der Waals surface area contributed by atoms with E-state index in [9.17, 15) is 19.7 Å². The van der Waals surface area contributed by atoms with E-state index in [1.165, 1.54) is 12.1 Å². The molecule has 4 aromatic rings. The zero-order chi connectivity index (χ0) is 28.2. The molecule has 5 rings (SSSR count). The fraction of sp³-hybridized carbons (Fsp3) is 0.188. The lowest BCUT2D eigenvalue weighted by Crippen LogP contribution is -2.30. The third-order valence-corrected chi connectivity index (χ3v) is 7.31. The van der Waals surface area contributed by atoms with Crippen molar-refractivity contribution in [3.05, 3.63) is 129 Å². The van der Waals surface area contributed by atoms with Gasteiger partial charge in [-0.25, -0.2) is 0 Å². The predicted molar refractivity (Wildman–Crippen MR) is 155 cm³/mol. The summed E-state index contributed by atoms with van der Waals surface area (Å²) in [6.07, 6.45) is 1.86. The Bertz CT molecular complexity index is 1580. The lowest BCUT2D eigenvalue weighted by Gasteiger charge is -2.32. The van der Waals surface area contributed by atoms with Gasteiger partial charge in [-0.1, -0.05) is 48.5 Å². The van der Waals surface area contributed by atoms with E-state index < -0.39 is 10.8 Å². The highest BCUT2D eigenvalue weighted by molar-refractivity contribution is 5.99. The van der Waals surface area contributed by atoms with Gasteiger partial charge >= 0.3 is 0 Å². The Balaban J connectivity index is 1.31. The highest BCUT2D eigenvalue weighted by atomic mass is 16.6. The molecule has 0 saturated heterocycles. The predicted octanol–water partition coefficient (Wildman–Crippen LogP) is 5.80. The summed E-state index contributed by atoms with van der Waals surface area (Å²) in [6, 6.07) is 27.2. The fourth-order valence-electron chi connectivity index (χ4n) is 5.24. The number of primary amides is 1. The highest BCUT2D eigenvalue weighted by Gasteiger charge is 2.20. The molecule has 0 bridgehead atoms. The number of amides is 2. The lowest BCUT2D eigenvalue weighted by atomic mass is 9.96. The van der Waals surface area contributed by atoms with E-state index in [0.29, 0.717) is 17.7 Å². The summed E-state index contributed by atoms with van der Waals surface area (Å²) in [5.74, 6) is -0.639. The van der Waals surface area contributed by atoms with Crippen LogP contribution < -0.4 is 16.0 Å². The first-order valence-electron chi connectivity index (χ1n) is 13.2. The number of benzene rings is 4. The number of nitrogens with two attached hydrogens (primary N) is 1. The summed E-state index contributed by atoms with van der Waals surface area (Å²) in [6.45, 7) is 3.45. The van der Waals surface area contributed by atoms with Crippen molar-refractivity contribution in [2.75, 3.05) is 11.4 Å². The van der Waals surface area contributed by atoms with Gasteiger partial charge in [-0.05, 0) is 77.9 Å². The average Bonchev–Trinajstić information content (AvgIpc) is 2.97. The molecular formula is C32H30N4O4. The van der Waals surface area contributed by atoms with Gasteiger partial charge in [0.15, 0.2) is 0 Å². The molecule has 8 nitrogen and oxygen atoms in total. The number of aryl methyl sites for hydroxylation is 1. The minimum atomic E-state index is -0.451. The molecule has 0 saturated carbocycles. The summed E-state index contributed by atoms with van der Waals surface area (Å²) in [5, 5.41) is 13.9. The fourth-order valence-corrected chi connectivity index (χ4v) is 5.24. The number of hydrogen-bond acceptors (Lipinski definition) is 5. The van der Waals surface area contributed by atoms with Crippen molar-refractivity contribution in [1.82, 2.24) is 5.32 Å². The number of nitrogens with zero attached hydrogens (tertiary/aromatic N) is 2. The average molecular weight is 535 g/mol. The van der Waals surface area contributed by atoms with Crippen LogP contribution in [0.5, 0.6) is 0 Å². The zero-order valence-electron chi connectivity index (χ0n) is 22.2. The smallest absolute Gasteiger partial charge is 0.269 e. The Morgan fingerprint density at radius 2 is 1.77 bits per heavy atom. The molecule has 1 atom stereocenters. The monoisotopic (exact) mass is 534 g/mol. The molecule has 40 heavy (non-hydrogen) atoms. The second kappa shape index (κ2) is 11.4. The molecule has 1 aliphatic rings. The van der Waals surface area contributed by atoms with Crippen molar-refractivity contribution < 1.29 is 14.5 Å². The topological polar surface area (TPSA) is 119 Å². The Hall–Kier alpha value is -4.98. The summed E-state index contributed by atoms with van der Waals surface area (Å²) in [7, 11) is 0. The number of non-ortho nitro benzene ring substituents is 1. The Kier molecular flexibility index (Phi) is 7.59. The van der Waals surface area contributed by atoms with Crippen molar-refractivity contribution in [1.29, 1.82) is 0 Å². The molecule has 4 aromatic carbocycles. The van der Waals surface area contributed by atoms with E-state index in [1.807, 2.05) is 55.5 Å². The summed E-state index contributed by atoms with van der Waals surface area (Å²) in [5.41, 5.74) is 12.6. The molecule has 3 N–H and O–H groups in total. The Morgan fingerprint density at radius 1 is 1.00 bits per heavy atom. The van der Waals surface area contributed by atoms with Crippen LogP contribution in [0.3, 0.4) is 0 Å². The highest BCUT2D eigenvalue weighted by Crippen LogP contribution is 2.31. The minimum Gasteiger partial charge on any atom is -0.367 e. The number of rotatable bonds is 8. The maximum atomic E-state index is 13.0. The van der Waals surface area contributed by atoms with Crippen molar-refractivity contribution in [3.63, 3.8) is 0 Å². The number of carbonyl (C=O) groups is 2. The number of hydrogen-bond donors (Lipinski definition) is 2. The molecule has 1 aliphatic heterocycles. The number of nitro groups is 1. The second-order valence-corrected chi connectivity index (χ2v) is 10.0. The molecule has 202 valence electrons. The van der Waals surface area contributed by atoms with Crippen molar-refractivity contribution in [2.24, 2.45) is 5.73 Å². The van der Waals surface area contributed by atoms with Gasteiger partial charge in [-0.2, -0.15) is 0 Å². The zero-order valence-corrected chi connectivity index (χ0v) is 22.2. The third-order valence-electron chi connectivity index (χ3n) is 7.31. The maximum absolute atomic E-state index is 13.0. The van der Waals surface area contributed by atoms with Crippen molar-refractivity contribution in [3.8, 4) is 11.1 Å². The number of nitrogens with one attached hydrogen (secondary N) is 1. The molecule has 0 aromatic heterocycles. The van der Waals surface area contributed by atoms with Gasteiger partial charge in [0.2, 0.25) is 5.91 Å². The van der Waals surface area contributed by atoms with Crippen LogP contribution in [0, 0.1) is 10.1 Å². The van der Waals surface area contributed by atoms with Crippen molar-refractivity contribution >= 4 is 23.2 Å². The second-order valence-electron chi connectivity index (χ2n) is 10.0. The minimum absolute atomic E-state index is 0.0173. The number of fused-ring (bicyclic) bond motifs is 1. The number of carbonyl (C=O) groups excluding carboxylic acids is 2. The molecule has 0 fully saturated rings. The Morgan fingerprint density at radius 3 is 2.52 bits per heavy atom. The molecule has 0 spiro atoms. The van der Waals surface area contributed by atoms with Crippen LogP contribution in [-0.4, -0.2) is 23.3 Å². The van der Waals surface area contributed by atoms with Crippen LogP contribution >= 0.6 is 0 Å². The van der Waals surface area contributed by atoms with Gasteiger partial charge in [-0.15, -0.1) is 0 Å². The van der Waals surface area contributed by atoms with E-state index in [0.717, 1.165) is 52.9 Å². The van der Waals surface area contributed by atoms with Gasteiger partial charge in [0.05, 0.1) is 11.0 Å². The van der Waals surface area contributed by atoms with Crippen LogP contribution in [-0.2, 0) is 13.0 Å². The first kappa shape index (κ1) is 26.6. The standard InChI is InChI=1S/C32H30N4O4/c1-21(23-11-14-27(15-12-23)36(39)40)34-32(38)26-13-16-30-25(19-26)8-5-17-35(30)20-22-6-4-7-24(18-22)28-9-2-3-10-29(28)31(33)37/h2-4,6-7,9-16,18-19,21H,5,8,17,20H2,1H3,(H2,33,37)(H,34,38)/t21-/m0/s1. The quantitative estimate of drug-likeness (QED) is 0.219. The summed E-state index contributed by atoms with van der Waals surface area (Å²) in [4.78, 5) is 37.8. The molecule has 0 radical (unpaired) electrons. The van der Waals surface area contributed by atoms with Gasteiger partial charge in [0.25, 0.3) is 11.6 Å². The normalized spacial score (nSPS) is 13.3. The van der Waals surface area contributed by atoms with Crippen LogP contribution in [0.4, 0.5) is 11.4 Å². The number of nitro benzene ring substituents is 1. The number of anilines is 1. The van der Waals surface area contributed by atoms with Crippen LogP contribution in [0.25, 0.3) is 11.1 Å². The van der Waals surface area contributed by atoms with Crippen LogP contribution in [0.15, 0.2) is 91.0 Å². The van der Waals surface area contributed by atoms with Gasteiger partial charge in [0.1, 0.15) is 0 Å². The SMILES string of the molecule is C[C@H](NC(=O)c1ccc2c(c1)CCCN2Cc1cccc(-c2ccccc2C(N)=O)c1)c1ccc([N+](=O)[O-])cc1. The maximum Gasteiger partial charge on any atom is 0.269 e. The molecule has 2 amide bonds. The molecular weight excluding hydrogens is 504 g/mol. The van der Waals surface area contributed by atoms with E-state index >= 15 is 0 Å². The lowest BCUT2D eigenvalue weighted by molar-refractivity contribution is -0.384. The van der Waals surface area contributed by atoms with E-state index in [1.54, 1.807) is 18.2 Å². The molecule has 0 aliphatic carbocycles. The molecule has 1 heterocycles. The molecule has 8 heteroatoms. The van der Waals surface area contributed by atoms with Crippen LogP contribution in [0.1, 0.15) is 56.8 Å². The van der Waals surface area contributed by atoms with E-state index in [-0.39, 0.29) is 17.6 Å². The summed E-state index contributed by atoms with van der Waals surface area (Å²) >= 11 is 0. The first-order chi connectivity index (χ1) is 19.3. The summed E-state index contributed by atoms with van der Waals surface area (Å²) < 4.78 is 0. The van der Waals surface area contributed by atoms with Gasteiger partial charge in [-0.3, -0.25) is 19.7 Å². The molecule has 0 unspecified atom stereocenters. The third kappa shape index (κ3) is 5.71. The van der Waals surface area contributed by atoms with Crippen LogP contribution in [0.2, 0.25) is 0 Å². The first-order valence-corrected chi connectivity index (χ1v) is 13.2. The van der Waals surface area contributed by atoms with Crippen molar-refractivity contribution in [2.45, 2.75) is 32.4 Å². The Labute approximate surface area is 232 Å². The van der Waals surface area contributed by atoms with Gasteiger partial charge in [0, 0.05) is 42.0 Å². The van der Waals surface area contributed by atoms with Gasteiger partial charge < -0.3 is 16.0 Å². The van der Waals surface area contributed by atoms with E-state index in [4.69, 9.17) is 5.73 Å².